The standard InChI is InChI=1S/C21H26N6O3/c1-29-15-6-7-18-14(11-15)12-17(21(28)22-18)19(26-8-2-3-9-26)20-23-24-25-27(20)13-16-5-4-10-30-16/h6-7,11-12,16,19H,2-5,8-10,13H2,1H3,(H,22,28)/p+1/t16-,19-/m0/s1. The van der Waals surface area contributed by atoms with Crippen LogP contribution in [0.15, 0.2) is 29.1 Å². The summed E-state index contributed by atoms with van der Waals surface area (Å²) in [4.78, 5) is 17.5. The van der Waals surface area contributed by atoms with Crippen molar-refractivity contribution in [1.29, 1.82) is 0 Å². The fourth-order valence-electron chi connectivity index (χ4n) is 4.73. The van der Waals surface area contributed by atoms with Crippen LogP contribution < -0.4 is 15.2 Å². The zero-order valence-corrected chi connectivity index (χ0v) is 17.1. The maximum atomic E-state index is 13.1. The van der Waals surface area contributed by atoms with Gasteiger partial charge >= 0.3 is 0 Å². The Labute approximate surface area is 174 Å². The predicted molar refractivity (Wildman–Crippen MR) is 110 cm³/mol. The number of ether oxygens (including phenoxy) is 2. The normalized spacial score (nSPS) is 20.8. The molecule has 30 heavy (non-hydrogen) atoms. The van der Waals surface area contributed by atoms with E-state index < -0.39 is 0 Å². The van der Waals surface area contributed by atoms with E-state index in [1.165, 1.54) is 4.90 Å². The van der Waals surface area contributed by atoms with Gasteiger partial charge in [-0.3, -0.25) is 4.79 Å². The van der Waals surface area contributed by atoms with E-state index in [0.717, 1.165) is 67.9 Å². The Hall–Kier alpha value is -2.78. The third-order valence-corrected chi connectivity index (χ3v) is 6.26. The number of hydrogen-bond donors (Lipinski definition) is 2. The van der Waals surface area contributed by atoms with Crippen LogP contribution in [0, 0.1) is 0 Å². The minimum atomic E-state index is -0.219. The highest BCUT2D eigenvalue weighted by Crippen LogP contribution is 2.23. The van der Waals surface area contributed by atoms with Crippen molar-refractivity contribution in [3.63, 3.8) is 0 Å². The first-order valence-corrected chi connectivity index (χ1v) is 10.7. The van der Waals surface area contributed by atoms with Crippen molar-refractivity contribution in [2.45, 2.75) is 44.4 Å². The predicted octanol–water partition coefficient (Wildman–Crippen LogP) is 0.470. The second-order valence-electron chi connectivity index (χ2n) is 8.16. The molecule has 3 aromatic rings. The van der Waals surface area contributed by atoms with E-state index in [1.54, 1.807) is 7.11 Å². The number of likely N-dealkylation sites (tertiary alicyclic amines) is 1. The molecule has 5 rings (SSSR count). The van der Waals surface area contributed by atoms with Crippen LogP contribution in [0.3, 0.4) is 0 Å². The lowest BCUT2D eigenvalue weighted by Crippen LogP contribution is -3.10. The minimum absolute atomic E-state index is 0.0938. The first kappa shape index (κ1) is 19.2. The van der Waals surface area contributed by atoms with E-state index in [0.29, 0.717) is 12.1 Å². The summed E-state index contributed by atoms with van der Waals surface area (Å²) in [5, 5.41) is 13.5. The Morgan fingerprint density at radius 1 is 1.30 bits per heavy atom. The Morgan fingerprint density at radius 2 is 2.17 bits per heavy atom. The molecule has 9 nitrogen and oxygen atoms in total. The molecular formula is C21H27N6O3+. The van der Waals surface area contributed by atoms with Crippen LogP contribution in [0.2, 0.25) is 0 Å². The van der Waals surface area contributed by atoms with E-state index in [1.807, 2.05) is 28.9 Å². The lowest BCUT2D eigenvalue weighted by molar-refractivity contribution is -0.914. The number of quaternary nitrogens is 1. The van der Waals surface area contributed by atoms with Gasteiger partial charge in [-0.15, -0.1) is 5.10 Å². The average Bonchev–Trinajstić information content (AvgIpc) is 3.53. The zero-order chi connectivity index (χ0) is 20.5. The molecule has 0 bridgehead atoms. The summed E-state index contributed by atoms with van der Waals surface area (Å²) in [5.74, 6) is 1.49. The van der Waals surface area contributed by atoms with Gasteiger partial charge in [-0.2, -0.15) is 0 Å². The fourth-order valence-corrected chi connectivity index (χ4v) is 4.73. The second-order valence-corrected chi connectivity index (χ2v) is 8.16. The molecular weight excluding hydrogens is 384 g/mol. The molecule has 2 fully saturated rings. The molecule has 2 aromatic heterocycles. The molecule has 2 atom stereocenters. The summed E-state index contributed by atoms with van der Waals surface area (Å²) in [6, 6.07) is 7.42. The maximum absolute atomic E-state index is 13.1. The number of nitrogens with zero attached hydrogens (tertiary/aromatic N) is 4. The van der Waals surface area contributed by atoms with Gasteiger partial charge in [0.05, 0.1) is 38.4 Å². The Morgan fingerprint density at radius 3 is 2.93 bits per heavy atom. The first-order chi connectivity index (χ1) is 14.7. The molecule has 0 saturated carbocycles. The third kappa shape index (κ3) is 3.59. The van der Waals surface area contributed by atoms with Crippen LogP contribution in [-0.4, -0.2) is 58.1 Å². The van der Waals surface area contributed by atoms with Crippen molar-refractivity contribution in [3.8, 4) is 5.75 Å². The van der Waals surface area contributed by atoms with Crippen LogP contribution >= 0.6 is 0 Å². The number of rotatable bonds is 6. The van der Waals surface area contributed by atoms with Crippen molar-refractivity contribution in [2.75, 3.05) is 26.8 Å². The number of nitrogens with one attached hydrogen (secondary N) is 2. The molecule has 158 valence electrons. The molecule has 2 aliphatic rings. The highest BCUT2D eigenvalue weighted by Gasteiger charge is 2.36. The molecule has 0 unspecified atom stereocenters. The third-order valence-electron chi connectivity index (χ3n) is 6.26. The lowest BCUT2D eigenvalue weighted by atomic mass is 10.0. The largest absolute Gasteiger partial charge is 0.497 e. The van der Waals surface area contributed by atoms with Crippen molar-refractivity contribution in [1.82, 2.24) is 25.2 Å². The minimum Gasteiger partial charge on any atom is -0.497 e. The molecule has 1 aromatic carbocycles. The number of benzene rings is 1. The summed E-state index contributed by atoms with van der Waals surface area (Å²) in [6.45, 7) is 3.39. The highest BCUT2D eigenvalue weighted by molar-refractivity contribution is 5.80. The van der Waals surface area contributed by atoms with Gasteiger partial charge in [0.1, 0.15) is 5.75 Å². The summed E-state index contributed by atoms with van der Waals surface area (Å²) in [6.07, 6.45) is 4.48. The van der Waals surface area contributed by atoms with Gasteiger partial charge in [-0.05, 0) is 47.5 Å². The van der Waals surface area contributed by atoms with Crippen molar-refractivity contribution < 1.29 is 14.4 Å². The lowest BCUT2D eigenvalue weighted by Gasteiger charge is -2.24. The molecule has 0 amide bonds. The SMILES string of the molecule is COc1ccc2[nH]c(=O)c([C@@H](c3nnnn3C[C@@H]3CCCO3)[NH+]3CCCC3)cc2c1. The fraction of sp³-hybridized carbons (Fsp3) is 0.524. The number of pyridine rings is 1. The van der Waals surface area contributed by atoms with Gasteiger partial charge in [-0.25, -0.2) is 4.68 Å². The summed E-state index contributed by atoms with van der Waals surface area (Å²) in [5.41, 5.74) is 1.39. The highest BCUT2D eigenvalue weighted by atomic mass is 16.5. The number of methoxy groups -OCH3 is 1. The van der Waals surface area contributed by atoms with E-state index >= 15 is 0 Å². The number of H-pyrrole nitrogens is 1. The van der Waals surface area contributed by atoms with Gasteiger partial charge in [0.25, 0.3) is 5.56 Å². The van der Waals surface area contributed by atoms with Gasteiger partial charge in [0, 0.05) is 30.4 Å². The molecule has 2 N–H and O–H groups in total. The number of tetrazole rings is 1. The molecule has 2 aliphatic heterocycles. The number of fused-ring (bicyclic) bond motifs is 1. The molecule has 0 spiro atoms. The summed E-state index contributed by atoms with van der Waals surface area (Å²) in [7, 11) is 1.64. The summed E-state index contributed by atoms with van der Waals surface area (Å²) >= 11 is 0. The number of hydrogen-bond acceptors (Lipinski definition) is 6. The topological polar surface area (TPSA) is 99.4 Å². The molecule has 9 heteroatoms. The van der Waals surface area contributed by atoms with E-state index in [9.17, 15) is 4.79 Å². The monoisotopic (exact) mass is 411 g/mol. The Kier molecular flexibility index (Phi) is 5.22. The van der Waals surface area contributed by atoms with Crippen LogP contribution in [0.1, 0.15) is 43.1 Å². The van der Waals surface area contributed by atoms with Crippen molar-refractivity contribution >= 4 is 10.9 Å². The van der Waals surface area contributed by atoms with Crippen molar-refractivity contribution in [2.24, 2.45) is 0 Å². The van der Waals surface area contributed by atoms with Gasteiger partial charge in [-0.1, -0.05) is 0 Å². The summed E-state index contributed by atoms with van der Waals surface area (Å²) < 4.78 is 13.0. The zero-order valence-electron chi connectivity index (χ0n) is 17.1. The van der Waals surface area contributed by atoms with Crippen LogP contribution in [0.5, 0.6) is 5.75 Å². The Balaban J connectivity index is 1.59. The van der Waals surface area contributed by atoms with Crippen LogP contribution in [-0.2, 0) is 11.3 Å². The molecule has 0 aliphatic carbocycles. The smallest absolute Gasteiger partial charge is 0.258 e. The van der Waals surface area contributed by atoms with Gasteiger partial charge < -0.3 is 19.4 Å². The van der Waals surface area contributed by atoms with Gasteiger partial charge in [0.15, 0.2) is 6.04 Å². The van der Waals surface area contributed by atoms with E-state index in [4.69, 9.17) is 9.47 Å². The van der Waals surface area contributed by atoms with E-state index in [-0.39, 0.29) is 17.7 Å². The maximum Gasteiger partial charge on any atom is 0.258 e. The molecule has 2 saturated heterocycles. The number of aromatic nitrogens is 5. The second kappa shape index (κ2) is 8.16. The van der Waals surface area contributed by atoms with Crippen LogP contribution in [0.4, 0.5) is 0 Å². The molecule has 4 heterocycles. The van der Waals surface area contributed by atoms with Crippen molar-refractivity contribution in [3.05, 3.63) is 46.0 Å². The molecule has 0 radical (unpaired) electrons. The van der Waals surface area contributed by atoms with Gasteiger partial charge in [0.2, 0.25) is 5.82 Å². The quantitative estimate of drug-likeness (QED) is 0.612. The van der Waals surface area contributed by atoms with E-state index in [2.05, 4.69) is 20.5 Å². The Bertz CT molecular complexity index is 1080. The average molecular weight is 411 g/mol. The van der Waals surface area contributed by atoms with Crippen LogP contribution in [0.25, 0.3) is 10.9 Å². The number of aromatic amines is 1. The first-order valence-electron chi connectivity index (χ1n) is 10.7.